The Bertz CT molecular complexity index is 760. The number of carbonyl (C=O) groups excluding carboxylic acids is 2. The third-order valence-electron chi connectivity index (χ3n) is 5.06. The lowest BCUT2D eigenvalue weighted by Gasteiger charge is -2.34. The number of nitrogens with zero attached hydrogens (tertiary/aromatic N) is 2. The van der Waals surface area contributed by atoms with Crippen LogP contribution in [0.2, 0.25) is 0 Å². The minimum absolute atomic E-state index is 0.00833. The number of carbonyl (C=O) groups is 2. The number of urea groups is 1. The Balaban J connectivity index is 1.56. The molecule has 0 saturated carbocycles. The normalized spacial score (nSPS) is 20.8. The summed E-state index contributed by atoms with van der Waals surface area (Å²) >= 11 is 0. The zero-order valence-corrected chi connectivity index (χ0v) is 15.7. The summed E-state index contributed by atoms with van der Waals surface area (Å²) < 4.78 is 26.7. The highest BCUT2D eigenvalue weighted by atomic mass is 32.2. The summed E-state index contributed by atoms with van der Waals surface area (Å²) in [5.74, 6) is -0.207. The van der Waals surface area contributed by atoms with Gasteiger partial charge < -0.3 is 10.2 Å². The van der Waals surface area contributed by atoms with Crippen molar-refractivity contribution in [2.75, 3.05) is 39.3 Å². The molecule has 2 aliphatic heterocycles. The lowest BCUT2D eigenvalue weighted by molar-refractivity contribution is -0.917. The lowest BCUT2D eigenvalue weighted by atomic mass is 10.2. The molecule has 1 aromatic rings. The molecular weight excluding hydrogens is 356 g/mol. The minimum atomic E-state index is -3.37. The van der Waals surface area contributed by atoms with E-state index in [0.717, 1.165) is 10.5 Å². The molecule has 2 fully saturated rings. The summed E-state index contributed by atoms with van der Waals surface area (Å²) in [6.45, 7) is 4.55. The maximum Gasteiger partial charge on any atom is 0.324 e. The number of rotatable bonds is 5. The zero-order valence-electron chi connectivity index (χ0n) is 14.8. The largest absolute Gasteiger partial charge is 0.336 e. The van der Waals surface area contributed by atoms with Gasteiger partial charge in [-0.1, -0.05) is 30.3 Å². The molecule has 9 heteroatoms. The van der Waals surface area contributed by atoms with Gasteiger partial charge in [-0.25, -0.2) is 13.2 Å². The van der Waals surface area contributed by atoms with E-state index in [9.17, 15) is 18.0 Å². The second-order valence-electron chi connectivity index (χ2n) is 6.74. The quantitative estimate of drug-likeness (QED) is 0.660. The van der Waals surface area contributed by atoms with E-state index in [1.54, 1.807) is 19.1 Å². The first-order chi connectivity index (χ1) is 12.4. The van der Waals surface area contributed by atoms with Gasteiger partial charge in [0.25, 0.3) is 5.91 Å². The van der Waals surface area contributed by atoms with E-state index in [2.05, 4.69) is 5.32 Å². The Kier molecular flexibility index (Phi) is 5.59. The maximum atomic E-state index is 12.6. The van der Waals surface area contributed by atoms with Crippen LogP contribution in [-0.2, 0) is 20.6 Å². The van der Waals surface area contributed by atoms with E-state index < -0.39 is 10.0 Å². The molecule has 0 aromatic heterocycles. The Labute approximate surface area is 153 Å². The van der Waals surface area contributed by atoms with Gasteiger partial charge in [-0.05, 0) is 12.5 Å². The van der Waals surface area contributed by atoms with E-state index in [1.807, 2.05) is 18.2 Å². The zero-order chi connectivity index (χ0) is 18.7. The van der Waals surface area contributed by atoms with Crippen molar-refractivity contribution in [2.45, 2.75) is 18.7 Å². The smallest absolute Gasteiger partial charge is 0.324 e. The molecule has 142 valence electrons. The van der Waals surface area contributed by atoms with Crippen LogP contribution in [0.1, 0.15) is 12.5 Å². The molecule has 0 spiro atoms. The number of amides is 3. The van der Waals surface area contributed by atoms with Crippen molar-refractivity contribution in [1.82, 2.24) is 14.5 Å². The highest BCUT2D eigenvalue weighted by molar-refractivity contribution is 7.88. The van der Waals surface area contributed by atoms with E-state index >= 15 is 0 Å². The molecule has 0 aliphatic carbocycles. The number of benzene rings is 1. The van der Waals surface area contributed by atoms with Crippen molar-refractivity contribution in [3.05, 3.63) is 35.9 Å². The van der Waals surface area contributed by atoms with Gasteiger partial charge in [0.15, 0.2) is 6.04 Å². The number of sulfonamides is 1. The Hall–Kier alpha value is -1.97. The van der Waals surface area contributed by atoms with Crippen molar-refractivity contribution < 1.29 is 22.9 Å². The van der Waals surface area contributed by atoms with Crippen LogP contribution in [0.3, 0.4) is 0 Å². The summed E-state index contributed by atoms with van der Waals surface area (Å²) in [5.41, 5.74) is 0.769. The number of imide groups is 1. The molecular formula is C17H25N4O4S+. The van der Waals surface area contributed by atoms with Crippen LogP contribution < -0.4 is 10.2 Å². The first kappa shape index (κ1) is 18.8. The fourth-order valence-electron chi connectivity index (χ4n) is 3.45. The van der Waals surface area contributed by atoms with Crippen LogP contribution in [-0.4, -0.2) is 74.9 Å². The molecule has 2 N–H and O–H groups in total. The third-order valence-corrected chi connectivity index (χ3v) is 6.91. The Morgan fingerprint density at radius 3 is 2.42 bits per heavy atom. The van der Waals surface area contributed by atoms with E-state index in [0.29, 0.717) is 39.3 Å². The highest BCUT2D eigenvalue weighted by Gasteiger charge is 2.38. The van der Waals surface area contributed by atoms with Crippen molar-refractivity contribution in [1.29, 1.82) is 0 Å². The molecule has 0 unspecified atom stereocenters. The third kappa shape index (κ3) is 4.05. The fraction of sp³-hybridized carbons (Fsp3) is 0.529. The van der Waals surface area contributed by atoms with Crippen LogP contribution in [0.25, 0.3) is 0 Å². The molecule has 2 heterocycles. The van der Waals surface area contributed by atoms with Crippen LogP contribution in [0.5, 0.6) is 0 Å². The molecule has 8 nitrogen and oxygen atoms in total. The molecule has 2 aliphatic rings. The van der Waals surface area contributed by atoms with Gasteiger partial charge in [0.1, 0.15) is 0 Å². The first-order valence-corrected chi connectivity index (χ1v) is 10.4. The van der Waals surface area contributed by atoms with Crippen LogP contribution in [0, 0.1) is 0 Å². The lowest BCUT2D eigenvalue weighted by Crippen LogP contribution is -3.19. The van der Waals surface area contributed by atoms with Crippen molar-refractivity contribution in [3.8, 4) is 0 Å². The molecule has 0 radical (unpaired) electrons. The van der Waals surface area contributed by atoms with Gasteiger partial charge in [0.05, 0.1) is 31.9 Å². The predicted octanol–water partition coefficient (Wildman–Crippen LogP) is -1.34. The second kappa shape index (κ2) is 7.73. The fourth-order valence-corrected chi connectivity index (χ4v) is 4.99. The number of hydrogen-bond donors (Lipinski definition) is 2. The number of quaternary nitrogens is 1. The summed E-state index contributed by atoms with van der Waals surface area (Å²) in [6.07, 6.45) is 0. The number of piperazine rings is 1. The molecule has 1 atom stereocenters. The summed E-state index contributed by atoms with van der Waals surface area (Å²) in [6, 6.07) is 8.42. The van der Waals surface area contributed by atoms with Crippen LogP contribution in [0.4, 0.5) is 4.79 Å². The summed E-state index contributed by atoms with van der Waals surface area (Å²) in [5, 5.41) is 2.63. The summed E-state index contributed by atoms with van der Waals surface area (Å²) in [7, 11) is -3.37. The van der Waals surface area contributed by atoms with Gasteiger partial charge in [-0.3, -0.25) is 9.69 Å². The van der Waals surface area contributed by atoms with Gasteiger partial charge in [0, 0.05) is 13.1 Å². The predicted molar refractivity (Wildman–Crippen MR) is 95.9 cm³/mol. The molecule has 3 rings (SSSR count). The molecule has 26 heavy (non-hydrogen) atoms. The molecule has 3 amide bonds. The second-order valence-corrected chi connectivity index (χ2v) is 8.71. The Morgan fingerprint density at radius 2 is 1.85 bits per heavy atom. The minimum Gasteiger partial charge on any atom is -0.336 e. The molecule has 2 saturated heterocycles. The van der Waals surface area contributed by atoms with E-state index in [4.69, 9.17) is 0 Å². The molecule has 0 bridgehead atoms. The van der Waals surface area contributed by atoms with E-state index in [1.165, 1.54) is 9.21 Å². The maximum absolute atomic E-state index is 12.6. The van der Waals surface area contributed by atoms with E-state index in [-0.39, 0.29) is 23.7 Å². The monoisotopic (exact) mass is 381 g/mol. The Morgan fingerprint density at radius 1 is 1.19 bits per heavy atom. The van der Waals surface area contributed by atoms with Gasteiger partial charge in [-0.15, -0.1) is 0 Å². The average molecular weight is 381 g/mol. The topological polar surface area (TPSA) is 91.2 Å². The van der Waals surface area contributed by atoms with Crippen molar-refractivity contribution in [3.63, 3.8) is 0 Å². The van der Waals surface area contributed by atoms with Gasteiger partial charge >= 0.3 is 6.03 Å². The molecule has 1 aromatic carbocycles. The van der Waals surface area contributed by atoms with Gasteiger partial charge in [0.2, 0.25) is 10.0 Å². The number of hydrogen-bond acceptors (Lipinski definition) is 4. The number of nitrogens with one attached hydrogen (secondary N) is 2. The highest BCUT2D eigenvalue weighted by Crippen LogP contribution is 2.11. The standard InChI is InChI=1S/C17H24N4O4S/c1-14(16(22)21-8-7-18-17(21)23)19-9-11-20(12-10-19)26(24,25)13-15-5-3-2-4-6-15/h2-6,14H,7-13H2,1H3,(H,18,23)/p+1/t14-/m1/s1. The van der Waals surface area contributed by atoms with Crippen LogP contribution in [0.15, 0.2) is 30.3 Å². The van der Waals surface area contributed by atoms with Gasteiger partial charge in [-0.2, -0.15) is 4.31 Å². The SMILES string of the molecule is C[C@H](C(=O)N1CCNC1=O)[NH+]1CCN(S(=O)(=O)Cc2ccccc2)CC1. The van der Waals surface area contributed by atoms with Crippen molar-refractivity contribution >= 4 is 22.0 Å². The average Bonchev–Trinajstić information content (AvgIpc) is 3.07. The first-order valence-electron chi connectivity index (χ1n) is 8.84. The van der Waals surface area contributed by atoms with Crippen LogP contribution >= 0.6 is 0 Å². The van der Waals surface area contributed by atoms with Crippen molar-refractivity contribution in [2.24, 2.45) is 0 Å². The summed E-state index contributed by atoms with van der Waals surface area (Å²) in [4.78, 5) is 26.4.